The number of halogens is 3. The van der Waals surface area contributed by atoms with E-state index in [4.69, 9.17) is 11.6 Å². The number of carbonyl (C=O) groups is 2. The Morgan fingerprint density at radius 1 is 1.04 bits per heavy atom. The first-order valence-corrected chi connectivity index (χ1v) is 7.14. The average molecular weight is 339 g/mol. The Bertz CT molecular complexity index is 766. The second-order valence-electron chi connectivity index (χ2n) is 4.63. The van der Waals surface area contributed by atoms with Crippen molar-refractivity contribution in [1.29, 1.82) is 0 Å². The molecule has 0 fully saturated rings. The van der Waals surface area contributed by atoms with E-state index in [2.05, 4.69) is 10.6 Å². The molecule has 0 aromatic heterocycles. The fraction of sp³-hybridized carbons (Fsp3) is 0.125. The summed E-state index contributed by atoms with van der Waals surface area (Å²) in [6.45, 7) is 2.13. The van der Waals surface area contributed by atoms with Crippen molar-refractivity contribution in [2.75, 3.05) is 11.9 Å². The number of carbonyl (C=O) groups excluding carboxylic acids is 2. The first-order chi connectivity index (χ1) is 10.9. The molecule has 0 spiro atoms. The summed E-state index contributed by atoms with van der Waals surface area (Å²) in [7, 11) is 0. The second kappa shape index (κ2) is 7.19. The van der Waals surface area contributed by atoms with Crippen LogP contribution in [-0.4, -0.2) is 18.4 Å². The Balaban J connectivity index is 2.34. The molecule has 2 N–H and O–H groups in total. The lowest BCUT2D eigenvalue weighted by atomic mass is 10.1. The van der Waals surface area contributed by atoms with E-state index in [1.54, 1.807) is 6.92 Å². The molecule has 0 aliphatic heterocycles. The van der Waals surface area contributed by atoms with E-state index in [1.165, 1.54) is 18.2 Å². The van der Waals surface area contributed by atoms with Gasteiger partial charge in [-0.3, -0.25) is 9.59 Å². The van der Waals surface area contributed by atoms with Crippen LogP contribution in [0.4, 0.5) is 14.5 Å². The molecule has 0 atom stereocenters. The molecule has 0 bridgehead atoms. The van der Waals surface area contributed by atoms with Gasteiger partial charge in [0, 0.05) is 11.6 Å². The van der Waals surface area contributed by atoms with Crippen LogP contribution in [0.3, 0.4) is 0 Å². The molecule has 0 radical (unpaired) electrons. The number of nitrogens with one attached hydrogen (secondary N) is 2. The summed E-state index contributed by atoms with van der Waals surface area (Å²) in [5.41, 5.74) is -0.180. The van der Waals surface area contributed by atoms with Crippen molar-refractivity contribution in [3.63, 3.8) is 0 Å². The molecular weight excluding hydrogens is 326 g/mol. The summed E-state index contributed by atoms with van der Waals surface area (Å²) < 4.78 is 26.8. The quantitative estimate of drug-likeness (QED) is 0.894. The third-order valence-corrected chi connectivity index (χ3v) is 3.22. The Labute approximate surface area is 136 Å². The van der Waals surface area contributed by atoms with Crippen LogP contribution in [0.15, 0.2) is 36.4 Å². The van der Waals surface area contributed by atoms with Crippen molar-refractivity contribution in [3.05, 3.63) is 64.2 Å². The second-order valence-corrected chi connectivity index (χ2v) is 5.06. The van der Waals surface area contributed by atoms with Crippen LogP contribution >= 0.6 is 11.6 Å². The molecule has 0 saturated carbocycles. The van der Waals surface area contributed by atoms with Gasteiger partial charge >= 0.3 is 0 Å². The highest BCUT2D eigenvalue weighted by molar-refractivity contribution is 6.31. The molecule has 4 nitrogen and oxygen atoms in total. The number of anilines is 1. The highest BCUT2D eigenvalue weighted by atomic mass is 35.5. The van der Waals surface area contributed by atoms with Crippen LogP contribution in [0.1, 0.15) is 27.6 Å². The molecule has 0 aliphatic carbocycles. The summed E-state index contributed by atoms with van der Waals surface area (Å²) in [6, 6.07) is 6.83. The fourth-order valence-electron chi connectivity index (χ4n) is 1.93. The van der Waals surface area contributed by atoms with Gasteiger partial charge in [0.1, 0.15) is 11.6 Å². The van der Waals surface area contributed by atoms with Gasteiger partial charge in [0.2, 0.25) is 0 Å². The van der Waals surface area contributed by atoms with Crippen LogP contribution < -0.4 is 10.6 Å². The van der Waals surface area contributed by atoms with E-state index in [-0.39, 0.29) is 11.3 Å². The van der Waals surface area contributed by atoms with E-state index in [0.29, 0.717) is 11.6 Å². The predicted octanol–water partition coefficient (Wildman–Crippen LogP) is 3.62. The smallest absolute Gasteiger partial charge is 0.258 e. The number of amides is 2. The molecule has 23 heavy (non-hydrogen) atoms. The Hall–Kier alpha value is -2.47. The minimum absolute atomic E-state index is 0.129. The zero-order valence-corrected chi connectivity index (χ0v) is 12.9. The summed E-state index contributed by atoms with van der Waals surface area (Å²) >= 11 is 5.86. The van der Waals surface area contributed by atoms with E-state index < -0.39 is 29.0 Å². The number of hydrogen-bond acceptors (Lipinski definition) is 2. The van der Waals surface area contributed by atoms with Crippen LogP contribution in [0, 0.1) is 11.6 Å². The van der Waals surface area contributed by atoms with Crippen molar-refractivity contribution < 1.29 is 18.4 Å². The van der Waals surface area contributed by atoms with Gasteiger partial charge in [-0.1, -0.05) is 11.6 Å². The molecule has 0 aliphatic rings. The number of benzene rings is 2. The van der Waals surface area contributed by atoms with Crippen LogP contribution in [0.5, 0.6) is 0 Å². The molecule has 2 aromatic rings. The molecule has 120 valence electrons. The van der Waals surface area contributed by atoms with Gasteiger partial charge in [-0.05, 0) is 43.3 Å². The van der Waals surface area contributed by atoms with Gasteiger partial charge in [0.25, 0.3) is 11.8 Å². The van der Waals surface area contributed by atoms with Gasteiger partial charge < -0.3 is 10.6 Å². The van der Waals surface area contributed by atoms with Crippen molar-refractivity contribution in [1.82, 2.24) is 5.32 Å². The lowest BCUT2D eigenvalue weighted by Gasteiger charge is -2.12. The largest absolute Gasteiger partial charge is 0.352 e. The van der Waals surface area contributed by atoms with Crippen molar-refractivity contribution in [2.24, 2.45) is 0 Å². The van der Waals surface area contributed by atoms with Gasteiger partial charge in [-0.25, -0.2) is 8.78 Å². The van der Waals surface area contributed by atoms with Crippen molar-refractivity contribution in [3.8, 4) is 0 Å². The fourth-order valence-corrected chi connectivity index (χ4v) is 2.10. The van der Waals surface area contributed by atoms with E-state index in [9.17, 15) is 18.4 Å². The molecule has 7 heteroatoms. The Morgan fingerprint density at radius 2 is 1.78 bits per heavy atom. The SMILES string of the molecule is CCNC(=O)c1cc(Cl)ccc1NC(=O)c1cc(F)ccc1F. The number of rotatable bonds is 4. The van der Waals surface area contributed by atoms with Crippen molar-refractivity contribution in [2.45, 2.75) is 6.92 Å². The summed E-state index contributed by atoms with van der Waals surface area (Å²) in [5.74, 6) is -2.91. The third kappa shape index (κ3) is 4.04. The van der Waals surface area contributed by atoms with Gasteiger partial charge in [0.05, 0.1) is 16.8 Å². The predicted molar refractivity (Wildman–Crippen MR) is 83.8 cm³/mol. The molecule has 2 rings (SSSR count). The average Bonchev–Trinajstić information content (AvgIpc) is 2.51. The van der Waals surface area contributed by atoms with E-state index >= 15 is 0 Å². The maximum Gasteiger partial charge on any atom is 0.258 e. The minimum Gasteiger partial charge on any atom is -0.352 e. The summed E-state index contributed by atoms with van der Waals surface area (Å²) in [4.78, 5) is 24.1. The van der Waals surface area contributed by atoms with Gasteiger partial charge in [-0.15, -0.1) is 0 Å². The third-order valence-electron chi connectivity index (χ3n) is 2.98. The molecule has 2 aromatic carbocycles. The Morgan fingerprint density at radius 3 is 2.48 bits per heavy atom. The summed E-state index contributed by atoms with van der Waals surface area (Å²) in [5, 5.41) is 5.28. The van der Waals surface area contributed by atoms with E-state index in [0.717, 1.165) is 18.2 Å². The van der Waals surface area contributed by atoms with Gasteiger partial charge in [-0.2, -0.15) is 0 Å². The first kappa shape index (κ1) is 16.9. The summed E-state index contributed by atoms with van der Waals surface area (Å²) in [6.07, 6.45) is 0. The Kier molecular flexibility index (Phi) is 5.28. The highest BCUT2D eigenvalue weighted by Crippen LogP contribution is 2.22. The normalized spacial score (nSPS) is 10.3. The van der Waals surface area contributed by atoms with Crippen LogP contribution in [-0.2, 0) is 0 Å². The lowest BCUT2D eigenvalue weighted by molar-refractivity contribution is 0.0956. The zero-order chi connectivity index (χ0) is 17.0. The topological polar surface area (TPSA) is 58.2 Å². The minimum atomic E-state index is -0.866. The molecule has 2 amide bonds. The van der Waals surface area contributed by atoms with Crippen LogP contribution in [0.25, 0.3) is 0 Å². The lowest BCUT2D eigenvalue weighted by Crippen LogP contribution is -2.25. The van der Waals surface area contributed by atoms with Crippen molar-refractivity contribution >= 4 is 29.1 Å². The maximum absolute atomic E-state index is 13.6. The van der Waals surface area contributed by atoms with Crippen LogP contribution in [0.2, 0.25) is 5.02 Å². The highest BCUT2D eigenvalue weighted by Gasteiger charge is 2.17. The van der Waals surface area contributed by atoms with Gasteiger partial charge in [0.15, 0.2) is 0 Å². The molecule has 0 unspecified atom stereocenters. The molecule has 0 heterocycles. The monoisotopic (exact) mass is 338 g/mol. The number of hydrogen-bond donors (Lipinski definition) is 2. The molecular formula is C16H13ClF2N2O2. The molecule has 0 saturated heterocycles. The van der Waals surface area contributed by atoms with E-state index in [1.807, 2.05) is 0 Å². The standard InChI is InChI=1S/C16H13ClF2N2O2/c1-2-20-15(22)12-7-9(17)3-6-14(12)21-16(23)11-8-10(18)4-5-13(11)19/h3-8H,2H2,1H3,(H,20,22)(H,21,23). The zero-order valence-electron chi connectivity index (χ0n) is 12.1. The first-order valence-electron chi connectivity index (χ1n) is 6.76. The maximum atomic E-state index is 13.6.